The maximum Gasteiger partial charge on any atom is 0.258 e. The van der Waals surface area contributed by atoms with E-state index in [-0.39, 0.29) is 25.0 Å². The predicted molar refractivity (Wildman–Crippen MR) is 77.3 cm³/mol. The minimum absolute atomic E-state index is 0.0219. The van der Waals surface area contributed by atoms with Crippen LogP contribution in [0.15, 0.2) is 24.3 Å². The van der Waals surface area contributed by atoms with Crippen LogP contribution >= 0.6 is 0 Å². The molecule has 0 bridgehead atoms. The zero-order valence-corrected chi connectivity index (χ0v) is 12.1. The highest BCUT2D eigenvalue weighted by Gasteiger charge is 2.18. The molecular formula is C15H20N2O4. The van der Waals surface area contributed by atoms with E-state index in [0.29, 0.717) is 11.5 Å². The van der Waals surface area contributed by atoms with Gasteiger partial charge in [-0.2, -0.15) is 0 Å². The third-order valence-corrected chi connectivity index (χ3v) is 3.32. The monoisotopic (exact) mass is 292 g/mol. The number of nitrogens with zero attached hydrogens (tertiary/aromatic N) is 1. The summed E-state index contributed by atoms with van der Waals surface area (Å²) in [5.74, 6) is 0.700. The fourth-order valence-corrected chi connectivity index (χ4v) is 2.18. The van der Waals surface area contributed by atoms with Gasteiger partial charge in [-0.05, 0) is 25.0 Å². The lowest BCUT2D eigenvalue weighted by atomic mass is 10.3. The molecule has 114 valence electrons. The fraction of sp³-hybridized carbons (Fsp3) is 0.467. The Morgan fingerprint density at radius 2 is 1.86 bits per heavy atom. The summed E-state index contributed by atoms with van der Waals surface area (Å²) in [5.41, 5.74) is 0. The van der Waals surface area contributed by atoms with Crippen molar-refractivity contribution in [1.29, 1.82) is 0 Å². The average Bonchev–Trinajstić information content (AvgIpc) is 3.05. The Kier molecular flexibility index (Phi) is 5.43. The van der Waals surface area contributed by atoms with Crippen molar-refractivity contribution in [2.45, 2.75) is 12.8 Å². The van der Waals surface area contributed by atoms with Gasteiger partial charge >= 0.3 is 0 Å². The Morgan fingerprint density at radius 1 is 1.19 bits per heavy atom. The Balaban J connectivity index is 1.73. The van der Waals surface area contributed by atoms with E-state index >= 15 is 0 Å². The van der Waals surface area contributed by atoms with E-state index in [9.17, 15) is 9.59 Å². The highest BCUT2D eigenvalue weighted by molar-refractivity contribution is 5.85. The van der Waals surface area contributed by atoms with Crippen LogP contribution in [0.5, 0.6) is 11.5 Å². The van der Waals surface area contributed by atoms with Gasteiger partial charge in [-0.3, -0.25) is 9.59 Å². The normalized spacial score (nSPS) is 13.9. The van der Waals surface area contributed by atoms with Gasteiger partial charge in [-0.15, -0.1) is 0 Å². The molecule has 0 spiro atoms. The SMILES string of the molecule is COc1ccccc1OCC(=O)NCC(=O)N1CCCC1. The highest BCUT2D eigenvalue weighted by atomic mass is 16.5. The van der Waals surface area contributed by atoms with Crippen LogP contribution in [0.1, 0.15) is 12.8 Å². The molecule has 1 aliphatic heterocycles. The third-order valence-electron chi connectivity index (χ3n) is 3.32. The zero-order chi connectivity index (χ0) is 15.1. The van der Waals surface area contributed by atoms with Crippen LogP contribution in [0.3, 0.4) is 0 Å². The molecule has 6 nitrogen and oxygen atoms in total. The molecule has 1 aliphatic rings. The lowest BCUT2D eigenvalue weighted by molar-refractivity contribution is -0.132. The lowest BCUT2D eigenvalue weighted by Gasteiger charge is -2.15. The maximum absolute atomic E-state index is 11.8. The molecule has 0 aromatic heterocycles. The van der Waals surface area contributed by atoms with Gasteiger partial charge in [0, 0.05) is 13.1 Å². The molecular weight excluding hydrogens is 272 g/mol. The summed E-state index contributed by atoms with van der Waals surface area (Å²) < 4.78 is 10.5. The highest BCUT2D eigenvalue weighted by Crippen LogP contribution is 2.25. The van der Waals surface area contributed by atoms with Gasteiger partial charge in [0.25, 0.3) is 5.91 Å². The molecule has 1 aromatic carbocycles. The van der Waals surface area contributed by atoms with E-state index in [2.05, 4.69) is 5.32 Å². The molecule has 21 heavy (non-hydrogen) atoms. The minimum atomic E-state index is -0.326. The minimum Gasteiger partial charge on any atom is -0.493 e. The molecule has 0 atom stereocenters. The van der Waals surface area contributed by atoms with Crippen LogP contribution in [0.25, 0.3) is 0 Å². The molecule has 1 fully saturated rings. The van der Waals surface area contributed by atoms with Crippen molar-refractivity contribution >= 4 is 11.8 Å². The van der Waals surface area contributed by atoms with Gasteiger partial charge in [0.15, 0.2) is 18.1 Å². The molecule has 6 heteroatoms. The molecule has 2 rings (SSSR count). The number of carbonyl (C=O) groups excluding carboxylic acids is 2. The largest absolute Gasteiger partial charge is 0.493 e. The Hall–Kier alpha value is -2.24. The zero-order valence-electron chi connectivity index (χ0n) is 12.1. The molecule has 1 N–H and O–H groups in total. The first-order chi connectivity index (χ1) is 10.2. The van der Waals surface area contributed by atoms with Crippen molar-refractivity contribution in [3.8, 4) is 11.5 Å². The van der Waals surface area contributed by atoms with E-state index < -0.39 is 0 Å². The number of para-hydroxylation sites is 2. The maximum atomic E-state index is 11.8. The molecule has 1 saturated heterocycles. The van der Waals surface area contributed by atoms with Crippen LogP contribution < -0.4 is 14.8 Å². The number of benzene rings is 1. The second-order valence-electron chi connectivity index (χ2n) is 4.80. The number of hydrogen-bond donors (Lipinski definition) is 1. The molecule has 1 aromatic rings. The number of methoxy groups -OCH3 is 1. The number of hydrogen-bond acceptors (Lipinski definition) is 4. The summed E-state index contributed by atoms with van der Waals surface area (Å²) in [7, 11) is 1.54. The van der Waals surface area contributed by atoms with Crippen molar-refractivity contribution in [3.63, 3.8) is 0 Å². The summed E-state index contributed by atoms with van der Waals surface area (Å²) in [4.78, 5) is 25.2. The first kappa shape index (κ1) is 15.2. The van der Waals surface area contributed by atoms with Gasteiger partial charge in [0.2, 0.25) is 5.91 Å². The van der Waals surface area contributed by atoms with Gasteiger partial charge < -0.3 is 19.7 Å². The summed E-state index contributed by atoms with van der Waals surface area (Å²) in [6.07, 6.45) is 2.08. The molecule has 0 saturated carbocycles. The van der Waals surface area contributed by atoms with Crippen LogP contribution in [0.4, 0.5) is 0 Å². The van der Waals surface area contributed by atoms with E-state index in [4.69, 9.17) is 9.47 Å². The lowest BCUT2D eigenvalue weighted by Crippen LogP contribution is -2.40. The van der Waals surface area contributed by atoms with E-state index in [1.54, 1.807) is 23.1 Å². The van der Waals surface area contributed by atoms with E-state index in [1.807, 2.05) is 6.07 Å². The predicted octanol–water partition coefficient (Wildman–Crippen LogP) is 0.813. The number of rotatable bonds is 6. The van der Waals surface area contributed by atoms with Crippen molar-refractivity contribution < 1.29 is 19.1 Å². The van der Waals surface area contributed by atoms with Crippen molar-refractivity contribution in [1.82, 2.24) is 10.2 Å². The topological polar surface area (TPSA) is 67.9 Å². The first-order valence-electron chi connectivity index (χ1n) is 7.01. The summed E-state index contributed by atoms with van der Waals surface area (Å²) in [5, 5.41) is 2.57. The Morgan fingerprint density at radius 3 is 2.52 bits per heavy atom. The summed E-state index contributed by atoms with van der Waals surface area (Å²) >= 11 is 0. The molecule has 1 heterocycles. The van der Waals surface area contributed by atoms with E-state index in [1.165, 1.54) is 7.11 Å². The standard InChI is InChI=1S/C15H20N2O4/c1-20-12-6-2-3-7-13(12)21-11-14(18)16-10-15(19)17-8-4-5-9-17/h2-3,6-7H,4-5,8-11H2,1H3,(H,16,18). The van der Waals surface area contributed by atoms with Crippen LogP contribution in [0.2, 0.25) is 0 Å². The molecule has 0 radical (unpaired) electrons. The smallest absolute Gasteiger partial charge is 0.258 e. The van der Waals surface area contributed by atoms with Crippen molar-refractivity contribution in [2.75, 3.05) is 33.4 Å². The summed E-state index contributed by atoms with van der Waals surface area (Å²) in [6, 6.07) is 7.10. The quantitative estimate of drug-likeness (QED) is 0.842. The van der Waals surface area contributed by atoms with Gasteiger partial charge in [-0.1, -0.05) is 12.1 Å². The average molecular weight is 292 g/mol. The second-order valence-corrected chi connectivity index (χ2v) is 4.80. The van der Waals surface area contributed by atoms with Gasteiger partial charge in [-0.25, -0.2) is 0 Å². The van der Waals surface area contributed by atoms with E-state index in [0.717, 1.165) is 25.9 Å². The van der Waals surface area contributed by atoms with Crippen LogP contribution in [-0.4, -0.2) is 50.1 Å². The first-order valence-corrected chi connectivity index (χ1v) is 7.01. The Bertz CT molecular complexity index is 498. The number of likely N-dealkylation sites (tertiary alicyclic amines) is 1. The van der Waals surface area contributed by atoms with Crippen LogP contribution in [0, 0.1) is 0 Å². The van der Waals surface area contributed by atoms with Crippen LogP contribution in [-0.2, 0) is 9.59 Å². The number of ether oxygens (including phenoxy) is 2. The number of amides is 2. The van der Waals surface area contributed by atoms with Crippen molar-refractivity contribution in [3.05, 3.63) is 24.3 Å². The third kappa shape index (κ3) is 4.37. The van der Waals surface area contributed by atoms with Gasteiger partial charge in [0.1, 0.15) is 0 Å². The number of carbonyl (C=O) groups is 2. The van der Waals surface area contributed by atoms with Gasteiger partial charge in [0.05, 0.1) is 13.7 Å². The molecule has 0 aliphatic carbocycles. The second kappa shape index (κ2) is 7.52. The summed E-state index contributed by atoms with van der Waals surface area (Å²) in [6.45, 7) is 1.45. The van der Waals surface area contributed by atoms with Crippen molar-refractivity contribution in [2.24, 2.45) is 0 Å². The molecule has 0 unspecified atom stereocenters. The molecule has 2 amide bonds. The Labute approximate surface area is 124 Å². The fourth-order valence-electron chi connectivity index (χ4n) is 2.18. The number of nitrogens with one attached hydrogen (secondary N) is 1.